The van der Waals surface area contributed by atoms with Crippen LogP contribution in [0.3, 0.4) is 0 Å². The molecule has 6 heteroatoms. The number of amides is 1. The third kappa shape index (κ3) is 3.98. The molecule has 0 radical (unpaired) electrons. The Morgan fingerprint density at radius 3 is 2.67 bits per heavy atom. The van der Waals surface area contributed by atoms with Crippen LogP contribution >= 0.6 is 18.9 Å². The quantitative estimate of drug-likeness (QED) is 0.799. The van der Waals surface area contributed by atoms with Crippen LogP contribution in [0.15, 0.2) is 24.3 Å². The van der Waals surface area contributed by atoms with Gasteiger partial charge in [0.15, 0.2) is 5.12 Å². The van der Waals surface area contributed by atoms with Crippen molar-refractivity contribution in [1.82, 2.24) is 0 Å². The number of rotatable bonds is 4. The highest BCUT2D eigenvalue weighted by molar-refractivity contribution is 8.13. The molecule has 0 bridgehead atoms. The Bertz CT molecular complexity index is 611. The first kappa shape index (κ1) is 16.3. The van der Waals surface area contributed by atoms with Crippen LogP contribution in [-0.4, -0.2) is 36.6 Å². The molecule has 0 saturated carbocycles. The van der Waals surface area contributed by atoms with Crippen LogP contribution in [0.2, 0.25) is 0 Å². The van der Waals surface area contributed by atoms with Crippen LogP contribution in [0.5, 0.6) is 0 Å². The van der Waals surface area contributed by atoms with Gasteiger partial charge in [-0.2, -0.15) is 0 Å². The molecule has 0 spiro atoms. The average molecular weight is 325 g/mol. The summed E-state index contributed by atoms with van der Waals surface area (Å²) in [5, 5.41) is 0.825. The van der Waals surface area contributed by atoms with E-state index in [1.54, 1.807) is 25.2 Å². The van der Waals surface area contributed by atoms with Gasteiger partial charge in [0.2, 0.25) is 5.91 Å². The number of hydrogen-bond donors (Lipinski definition) is 0. The van der Waals surface area contributed by atoms with Gasteiger partial charge in [-0.1, -0.05) is 23.9 Å². The Kier molecular flexibility index (Phi) is 4.95. The van der Waals surface area contributed by atoms with Gasteiger partial charge in [0.1, 0.15) is 7.14 Å². The van der Waals surface area contributed by atoms with E-state index in [0.29, 0.717) is 18.7 Å². The van der Waals surface area contributed by atoms with Gasteiger partial charge in [-0.15, -0.1) is 0 Å². The van der Waals surface area contributed by atoms with Crippen molar-refractivity contribution in [3.63, 3.8) is 0 Å². The Balaban J connectivity index is 2.22. The summed E-state index contributed by atoms with van der Waals surface area (Å²) < 4.78 is 12.4. The molecule has 1 aromatic rings. The van der Waals surface area contributed by atoms with Gasteiger partial charge < -0.3 is 9.46 Å². The largest absolute Gasteiger partial charge is 0.319 e. The Hall–Kier alpha value is -1.06. The molecule has 21 heavy (non-hydrogen) atoms. The van der Waals surface area contributed by atoms with E-state index in [0.717, 1.165) is 11.0 Å². The van der Waals surface area contributed by atoms with Crippen LogP contribution in [-0.2, 0) is 14.2 Å². The van der Waals surface area contributed by atoms with Crippen LogP contribution in [0.1, 0.15) is 13.3 Å². The fraction of sp³-hybridized carbons (Fsp3) is 0.467. The number of carbonyl (C=O) groups excluding carboxylic acids is 2. The zero-order valence-electron chi connectivity index (χ0n) is 12.5. The van der Waals surface area contributed by atoms with Crippen molar-refractivity contribution >= 4 is 40.9 Å². The molecule has 2 rings (SSSR count). The van der Waals surface area contributed by atoms with Gasteiger partial charge >= 0.3 is 0 Å². The summed E-state index contributed by atoms with van der Waals surface area (Å²) in [5.74, 6) is 0.882. The number of carbonyl (C=O) groups is 2. The number of benzene rings is 1. The second-order valence-electron chi connectivity index (χ2n) is 5.72. The van der Waals surface area contributed by atoms with E-state index in [9.17, 15) is 14.2 Å². The predicted octanol–water partition coefficient (Wildman–Crippen LogP) is 2.57. The van der Waals surface area contributed by atoms with Crippen molar-refractivity contribution in [2.75, 3.05) is 30.5 Å². The van der Waals surface area contributed by atoms with Crippen molar-refractivity contribution in [1.29, 1.82) is 0 Å². The second-order valence-corrected chi connectivity index (χ2v) is 10.1. The molecule has 1 aliphatic rings. The smallest absolute Gasteiger partial charge is 0.227 e. The minimum Gasteiger partial charge on any atom is -0.319 e. The van der Waals surface area contributed by atoms with Gasteiger partial charge in [-0.05, 0) is 31.4 Å². The molecule has 1 aromatic carbocycles. The Morgan fingerprint density at radius 1 is 1.38 bits per heavy atom. The lowest BCUT2D eigenvalue weighted by molar-refractivity contribution is -0.117. The maximum atomic E-state index is 12.4. The van der Waals surface area contributed by atoms with Gasteiger partial charge in [0.25, 0.3) is 0 Å². The first-order valence-corrected chi connectivity index (χ1v) is 10.5. The highest BCUT2D eigenvalue weighted by Crippen LogP contribution is 2.40. The molecule has 0 aromatic heterocycles. The van der Waals surface area contributed by atoms with Crippen molar-refractivity contribution < 1.29 is 14.2 Å². The SMILES string of the molecule is CC(=O)SCC1CC(=O)N(c2ccccc2P(C)(C)=O)C1. The molecule has 1 fully saturated rings. The molecule has 1 aliphatic heterocycles. The summed E-state index contributed by atoms with van der Waals surface area (Å²) in [6.45, 7) is 5.57. The summed E-state index contributed by atoms with van der Waals surface area (Å²) in [4.78, 5) is 25.0. The van der Waals surface area contributed by atoms with E-state index < -0.39 is 7.14 Å². The summed E-state index contributed by atoms with van der Waals surface area (Å²) in [6.07, 6.45) is 0.451. The lowest BCUT2D eigenvalue weighted by atomic mass is 10.1. The van der Waals surface area contributed by atoms with Gasteiger partial charge in [-0.25, -0.2) is 0 Å². The number of hydrogen-bond acceptors (Lipinski definition) is 4. The summed E-state index contributed by atoms with van der Waals surface area (Å²) in [6, 6.07) is 7.40. The van der Waals surface area contributed by atoms with Crippen molar-refractivity contribution in [3.8, 4) is 0 Å². The van der Waals surface area contributed by atoms with Crippen LogP contribution < -0.4 is 10.2 Å². The summed E-state index contributed by atoms with van der Waals surface area (Å²) >= 11 is 1.26. The summed E-state index contributed by atoms with van der Waals surface area (Å²) in [5.41, 5.74) is 0.756. The normalized spacial score (nSPS) is 19.1. The first-order chi connectivity index (χ1) is 9.79. The molecule has 0 aliphatic carbocycles. The zero-order chi connectivity index (χ0) is 15.6. The molecule has 1 amide bonds. The van der Waals surface area contributed by atoms with E-state index in [4.69, 9.17) is 0 Å². The fourth-order valence-electron chi connectivity index (χ4n) is 2.51. The number of nitrogens with zero attached hydrogens (tertiary/aromatic N) is 1. The second kappa shape index (κ2) is 6.37. The Morgan fingerprint density at radius 2 is 2.05 bits per heavy atom. The molecule has 114 valence electrons. The molecule has 1 saturated heterocycles. The molecule has 1 unspecified atom stereocenters. The van der Waals surface area contributed by atoms with Crippen molar-refractivity contribution in [3.05, 3.63) is 24.3 Å². The van der Waals surface area contributed by atoms with Crippen LogP contribution in [0.4, 0.5) is 5.69 Å². The van der Waals surface area contributed by atoms with Crippen LogP contribution in [0, 0.1) is 5.92 Å². The fourth-order valence-corrected chi connectivity index (χ4v) is 4.39. The molecule has 4 nitrogen and oxygen atoms in total. The zero-order valence-corrected chi connectivity index (χ0v) is 14.2. The molecule has 0 N–H and O–H groups in total. The minimum absolute atomic E-state index is 0.0463. The van der Waals surface area contributed by atoms with Crippen molar-refractivity contribution in [2.45, 2.75) is 13.3 Å². The summed E-state index contributed by atoms with van der Waals surface area (Å²) in [7, 11) is -2.44. The number of para-hydroxylation sites is 1. The molecule has 1 atom stereocenters. The first-order valence-electron chi connectivity index (χ1n) is 6.87. The topological polar surface area (TPSA) is 54.5 Å². The lowest BCUT2D eigenvalue weighted by Gasteiger charge is -2.22. The monoisotopic (exact) mass is 325 g/mol. The Labute approximate surface area is 129 Å². The van der Waals surface area contributed by atoms with E-state index in [-0.39, 0.29) is 16.9 Å². The third-order valence-corrected chi connectivity index (χ3v) is 6.06. The number of thioether (sulfide) groups is 1. The standard InChI is InChI=1S/C15H20NO3PS/c1-11(17)21-10-12-8-15(18)16(9-12)13-6-4-5-7-14(13)20(2,3)19/h4-7,12H,8-10H2,1-3H3. The number of anilines is 1. The predicted molar refractivity (Wildman–Crippen MR) is 89.1 cm³/mol. The molecular weight excluding hydrogens is 305 g/mol. The highest BCUT2D eigenvalue weighted by Gasteiger charge is 2.33. The van der Waals surface area contributed by atoms with E-state index in [1.807, 2.05) is 24.3 Å². The van der Waals surface area contributed by atoms with Gasteiger partial charge in [0, 0.05) is 30.9 Å². The maximum Gasteiger partial charge on any atom is 0.227 e. The lowest BCUT2D eigenvalue weighted by Crippen LogP contribution is -2.29. The minimum atomic E-state index is -2.44. The molecule has 1 heterocycles. The van der Waals surface area contributed by atoms with Gasteiger partial charge in [-0.3, -0.25) is 9.59 Å². The average Bonchev–Trinajstić information content (AvgIpc) is 2.76. The van der Waals surface area contributed by atoms with E-state index in [1.165, 1.54) is 11.8 Å². The third-order valence-electron chi connectivity index (χ3n) is 3.48. The highest BCUT2D eigenvalue weighted by atomic mass is 32.2. The van der Waals surface area contributed by atoms with E-state index >= 15 is 0 Å². The maximum absolute atomic E-state index is 12.4. The van der Waals surface area contributed by atoms with Gasteiger partial charge in [0.05, 0.1) is 5.69 Å². The van der Waals surface area contributed by atoms with Crippen LogP contribution in [0.25, 0.3) is 0 Å². The van der Waals surface area contributed by atoms with Crippen molar-refractivity contribution in [2.24, 2.45) is 5.92 Å². The molecular formula is C15H20NO3PS. The van der Waals surface area contributed by atoms with E-state index in [2.05, 4.69) is 0 Å².